The van der Waals surface area contributed by atoms with Gasteiger partial charge in [0.2, 0.25) is 5.91 Å². The van der Waals surface area contributed by atoms with Crippen LogP contribution in [0.5, 0.6) is 0 Å². The molecule has 4 N–H and O–H groups in total. The minimum atomic E-state index is -0.880. The van der Waals surface area contributed by atoms with Crippen LogP contribution in [0, 0.1) is 5.92 Å². The van der Waals surface area contributed by atoms with Gasteiger partial charge in [-0.1, -0.05) is 44.2 Å². The van der Waals surface area contributed by atoms with Gasteiger partial charge in [0.25, 0.3) is 5.91 Å². The van der Waals surface area contributed by atoms with Crippen molar-refractivity contribution in [3.8, 4) is 21.1 Å². The molecule has 1 unspecified atom stereocenters. The number of nitrogens with one attached hydrogen (secondary N) is 4. The number of carbonyl (C=O) groups excluding carboxylic acids is 4. The molecule has 4 aromatic heterocycles. The molecule has 1 aromatic carbocycles. The zero-order valence-electron chi connectivity index (χ0n) is 29.9. The van der Waals surface area contributed by atoms with E-state index < -0.39 is 24.3 Å². The summed E-state index contributed by atoms with van der Waals surface area (Å²) in [6.07, 6.45) is 5.53. The summed E-state index contributed by atoms with van der Waals surface area (Å²) in [6.45, 7) is 4.94. The Morgan fingerprint density at radius 2 is 1.28 bits per heavy atom. The number of imidazole rings is 2. The molecule has 278 valence electrons. The fourth-order valence-electron chi connectivity index (χ4n) is 7.15. The van der Waals surface area contributed by atoms with Gasteiger partial charge in [-0.15, -0.1) is 22.7 Å². The molecule has 14 nitrogen and oxygen atoms in total. The SMILES string of the molecule is COC(=O)N[C@H](C(=O)N1CCC[C@H]1c1ncc(-c2cc3sc(-c4cnc(C5CCCN5C(=O)[C@H](NC(=O)OC)c5ccccc5)[nH]4)cc3s2)[nH]1)C(C)C. The molecule has 4 atom stereocenters. The van der Waals surface area contributed by atoms with E-state index in [4.69, 9.17) is 19.4 Å². The van der Waals surface area contributed by atoms with E-state index in [2.05, 4.69) is 32.7 Å². The predicted octanol–water partition coefficient (Wildman–Crippen LogP) is 6.55. The van der Waals surface area contributed by atoms with E-state index in [0.717, 1.165) is 62.0 Å². The number of hydrogen-bond acceptors (Lipinski definition) is 10. The van der Waals surface area contributed by atoms with Crippen LogP contribution < -0.4 is 10.6 Å². The van der Waals surface area contributed by atoms with Crippen LogP contribution in [0.25, 0.3) is 30.5 Å². The Hall–Kier alpha value is -5.22. The third-order valence-corrected chi connectivity index (χ3v) is 12.2. The fraction of sp³-hybridized carbons (Fsp3) is 0.405. The second-order valence-corrected chi connectivity index (χ2v) is 15.7. The summed E-state index contributed by atoms with van der Waals surface area (Å²) in [5, 5.41) is 5.40. The highest BCUT2D eigenvalue weighted by Crippen LogP contribution is 2.42. The molecule has 2 aliphatic rings. The van der Waals surface area contributed by atoms with Gasteiger partial charge in [-0.25, -0.2) is 19.6 Å². The summed E-state index contributed by atoms with van der Waals surface area (Å²) in [7, 11) is 2.57. The standard InChI is InChI=1S/C37H42N8O6S2/c1-20(2)30(42-36(48)50-3)34(46)44-14-8-12-24(44)32-38-18-22(40-32)26-16-28-29(52-26)17-27(53-28)23-19-39-33(41-23)25-13-9-15-45(25)35(47)31(43-37(49)51-4)21-10-6-5-7-11-21/h5-7,10-11,16-20,24-25,30-31H,8-9,12-15H2,1-4H3,(H,38,40)(H,39,41)(H,42,48)(H,43,49)/t24-,25?,30-,31+/m0/s1. The zero-order chi connectivity index (χ0) is 37.2. The normalized spacial score (nSPS) is 18.4. The highest BCUT2D eigenvalue weighted by molar-refractivity contribution is 7.31. The van der Waals surface area contributed by atoms with Gasteiger partial charge in [0.05, 0.1) is 59.8 Å². The number of rotatable bonds is 10. The zero-order valence-corrected chi connectivity index (χ0v) is 31.5. The Kier molecular flexibility index (Phi) is 10.5. The van der Waals surface area contributed by atoms with Gasteiger partial charge in [-0.3, -0.25) is 9.59 Å². The molecule has 0 saturated carbocycles. The number of H-pyrrole nitrogens is 2. The Balaban J connectivity index is 1.05. The highest BCUT2D eigenvalue weighted by Gasteiger charge is 2.39. The second kappa shape index (κ2) is 15.4. The Morgan fingerprint density at radius 1 is 0.774 bits per heavy atom. The molecule has 2 fully saturated rings. The minimum absolute atomic E-state index is 0.108. The molecule has 16 heteroatoms. The predicted molar refractivity (Wildman–Crippen MR) is 201 cm³/mol. The monoisotopic (exact) mass is 758 g/mol. The number of thiophene rings is 2. The van der Waals surface area contributed by atoms with E-state index in [1.165, 1.54) is 14.2 Å². The summed E-state index contributed by atoms with van der Waals surface area (Å²) >= 11 is 3.31. The van der Waals surface area contributed by atoms with Gasteiger partial charge in [0.15, 0.2) is 0 Å². The number of hydrogen-bond donors (Lipinski definition) is 4. The highest BCUT2D eigenvalue weighted by atomic mass is 32.1. The minimum Gasteiger partial charge on any atom is -0.453 e. The summed E-state index contributed by atoms with van der Waals surface area (Å²) in [6, 6.07) is 11.4. The summed E-state index contributed by atoms with van der Waals surface area (Å²) in [5.41, 5.74) is 2.43. The molecule has 0 radical (unpaired) electrons. The number of amides is 4. The molecule has 53 heavy (non-hydrogen) atoms. The van der Waals surface area contributed by atoms with Crippen molar-refractivity contribution in [2.24, 2.45) is 5.92 Å². The van der Waals surface area contributed by atoms with Crippen LogP contribution >= 0.6 is 22.7 Å². The molecule has 6 heterocycles. The topological polar surface area (TPSA) is 175 Å². The number of methoxy groups -OCH3 is 2. The van der Waals surface area contributed by atoms with Crippen LogP contribution in [-0.2, 0) is 19.1 Å². The van der Waals surface area contributed by atoms with Crippen LogP contribution in [0.2, 0.25) is 0 Å². The van der Waals surface area contributed by atoms with E-state index in [0.29, 0.717) is 24.5 Å². The van der Waals surface area contributed by atoms with Crippen LogP contribution in [0.1, 0.15) is 74.9 Å². The molecule has 0 spiro atoms. The maximum Gasteiger partial charge on any atom is 0.407 e. The Labute approximate surface area is 314 Å². The molecule has 5 aromatic rings. The van der Waals surface area contributed by atoms with Gasteiger partial charge in [-0.05, 0) is 49.3 Å². The lowest BCUT2D eigenvalue weighted by molar-refractivity contribution is -0.135. The number of likely N-dealkylation sites (tertiary alicyclic amines) is 2. The van der Waals surface area contributed by atoms with Crippen LogP contribution in [0.3, 0.4) is 0 Å². The maximum atomic E-state index is 13.9. The van der Waals surface area contributed by atoms with Crippen molar-refractivity contribution in [1.29, 1.82) is 0 Å². The summed E-state index contributed by atoms with van der Waals surface area (Å²) in [4.78, 5) is 73.6. The number of nitrogens with zero attached hydrogens (tertiary/aromatic N) is 4. The van der Waals surface area contributed by atoms with Gasteiger partial charge in [-0.2, -0.15) is 0 Å². The van der Waals surface area contributed by atoms with E-state index >= 15 is 0 Å². The van der Waals surface area contributed by atoms with Gasteiger partial charge in [0, 0.05) is 22.5 Å². The average molecular weight is 759 g/mol. The van der Waals surface area contributed by atoms with Crippen LogP contribution in [0.15, 0.2) is 54.9 Å². The molecular formula is C37H42N8O6S2. The first-order chi connectivity index (χ1) is 25.6. The van der Waals surface area contributed by atoms with Gasteiger partial charge >= 0.3 is 12.2 Å². The number of benzene rings is 1. The lowest BCUT2D eigenvalue weighted by atomic mass is 10.0. The smallest absolute Gasteiger partial charge is 0.407 e. The van der Waals surface area contributed by atoms with Crippen molar-refractivity contribution in [3.63, 3.8) is 0 Å². The Morgan fingerprint density at radius 3 is 1.79 bits per heavy atom. The van der Waals surface area contributed by atoms with E-state index in [9.17, 15) is 19.2 Å². The quantitative estimate of drug-likeness (QED) is 0.124. The Bertz CT molecular complexity index is 2070. The molecule has 0 aliphatic carbocycles. The van der Waals surface area contributed by atoms with Gasteiger partial charge in [0.1, 0.15) is 23.7 Å². The molecule has 2 aliphatic heterocycles. The van der Waals surface area contributed by atoms with Crippen molar-refractivity contribution in [3.05, 3.63) is 72.1 Å². The molecule has 7 rings (SSSR count). The number of carbonyl (C=O) groups is 4. The number of alkyl carbamates (subject to hydrolysis) is 2. The molecule has 2 saturated heterocycles. The van der Waals surface area contributed by atoms with E-state index in [1.807, 2.05) is 61.5 Å². The average Bonchev–Trinajstić information content (AvgIpc) is 4.00. The first-order valence-corrected chi connectivity index (χ1v) is 19.3. The van der Waals surface area contributed by atoms with Crippen molar-refractivity contribution < 1.29 is 28.7 Å². The van der Waals surface area contributed by atoms with Crippen LogP contribution in [-0.4, -0.2) is 87.1 Å². The third kappa shape index (κ3) is 7.38. The first-order valence-electron chi connectivity index (χ1n) is 17.6. The maximum absolute atomic E-state index is 13.9. The lowest BCUT2D eigenvalue weighted by Crippen LogP contribution is -2.51. The third-order valence-electron chi connectivity index (χ3n) is 9.85. The van der Waals surface area contributed by atoms with Crippen molar-refractivity contribution in [2.75, 3.05) is 27.3 Å². The number of aromatic nitrogens is 4. The van der Waals surface area contributed by atoms with Crippen LogP contribution in [0.4, 0.5) is 9.59 Å². The molecular weight excluding hydrogens is 717 g/mol. The number of fused-ring (bicyclic) bond motifs is 1. The second-order valence-electron chi connectivity index (χ2n) is 13.5. The summed E-state index contributed by atoms with van der Waals surface area (Å²) in [5.74, 6) is 0.971. The van der Waals surface area contributed by atoms with E-state index in [-0.39, 0.29) is 29.8 Å². The van der Waals surface area contributed by atoms with Crippen molar-refractivity contribution in [1.82, 2.24) is 40.4 Å². The summed E-state index contributed by atoms with van der Waals surface area (Å²) < 4.78 is 11.8. The lowest BCUT2D eigenvalue weighted by Gasteiger charge is -2.30. The van der Waals surface area contributed by atoms with Gasteiger partial charge < -0.3 is 39.9 Å². The number of aromatic amines is 2. The molecule has 0 bridgehead atoms. The van der Waals surface area contributed by atoms with E-state index in [1.54, 1.807) is 27.6 Å². The van der Waals surface area contributed by atoms with Crippen molar-refractivity contribution >= 4 is 56.1 Å². The first kappa shape index (κ1) is 36.2. The number of ether oxygens (including phenoxy) is 2. The largest absolute Gasteiger partial charge is 0.453 e. The fourth-order valence-corrected chi connectivity index (χ4v) is 9.47. The van der Waals surface area contributed by atoms with Crippen molar-refractivity contribution in [2.45, 2.75) is 63.7 Å². The molecule has 4 amide bonds.